The lowest BCUT2D eigenvalue weighted by Crippen LogP contribution is -2.36. The molecule has 0 fully saturated rings. The summed E-state index contributed by atoms with van der Waals surface area (Å²) >= 11 is 0. The Morgan fingerprint density at radius 3 is 2.80 bits per heavy atom. The Bertz CT molecular complexity index is 704. The standard InChI is InChI=1S/C15H17N3O2/c1-4-14(19)18(10(2)3)9-13-16-12-8-6-5-7-11(12)15(20)17-13/h4-8,10H,1,9H2,2-3H3,(H,16,17,20). The van der Waals surface area contributed by atoms with Crippen molar-refractivity contribution in [1.29, 1.82) is 0 Å². The number of rotatable bonds is 4. The molecule has 5 nitrogen and oxygen atoms in total. The van der Waals surface area contributed by atoms with Crippen LogP contribution in [0.3, 0.4) is 0 Å². The van der Waals surface area contributed by atoms with E-state index in [9.17, 15) is 9.59 Å². The molecule has 1 amide bonds. The van der Waals surface area contributed by atoms with Crippen molar-refractivity contribution in [3.63, 3.8) is 0 Å². The lowest BCUT2D eigenvalue weighted by molar-refractivity contribution is -0.128. The Morgan fingerprint density at radius 2 is 2.15 bits per heavy atom. The second-order valence-electron chi connectivity index (χ2n) is 4.79. The third-order valence-electron chi connectivity index (χ3n) is 3.06. The first-order valence-corrected chi connectivity index (χ1v) is 6.44. The van der Waals surface area contributed by atoms with Gasteiger partial charge in [-0.05, 0) is 32.1 Å². The van der Waals surface area contributed by atoms with Gasteiger partial charge in [-0.25, -0.2) is 4.98 Å². The van der Waals surface area contributed by atoms with Crippen molar-refractivity contribution in [1.82, 2.24) is 14.9 Å². The number of H-pyrrole nitrogens is 1. The average Bonchev–Trinajstić information content (AvgIpc) is 2.43. The topological polar surface area (TPSA) is 66.1 Å². The molecule has 1 N–H and O–H groups in total. The molecule has 104 valence electrons. The van der Waals surface area contributed by atoms with Gasteiger partial charge in [0, 0.05) is 6.04 Å². The lowest BCUT2D eigenvalue weighted by atomic mass is 10.2. The molecule has 1 aromatic heterocycles. The Balaban J connectivity index is 2.40. The van der Waals surface area contributed by atoms with Crippen molar-refractivity contribution >= 4 is 16.8 Å². The molecule has 0 atom stereocenters. The first-order valence-electron chi connectivity index (χ1n) is 6.44. The van der Waals surface area contributed by atoms with Gasteiger partial charge in [0.1, 0.15) is 5.82 Å². The Morgan fingerprint density at radius 1 is 1.45 bits per heavy atom. The van der Waals surface area contributed by atoms with E-state index in [1.165, 1.54) is 6.08 Å². The minimum absolute atomic E-state index is 0.00253. The zero-order chi connectivity index (χ0) is 14.7. The smallest absolute Gasteiger partial charge is 0.258 e. The maximum Gasteiger partial charge on any atom is 0.258 e. The van der Waals surface area contributed by atoms with Gasteiger partial charge < -0.3 is 9.88 Å². The maximum atomic E-state index is 12.0. The zero-order valence-corrected chi connectivity index (χ0v) is 11.6. The van der Waals surface area contributed by atoms with E-state index in [0.717, 1.165) is 0 Å². The number of benzene rings is 1. The first-order chi connectivity index (χ1) is 9.52. The van der Waals surface area contributed by atoms with Crippen molar-refractivity contribution in [2.75, 3.05) is 0 Å². The van der Waals surface area contributed by atoms with E-state index in [4.69, 9.17) is 0 Å². The highest BCUT2D eigenvalue weighted by Gasteiger charge is 2.16. The highest BCUT2D eigenvalue weighted by atomic mass is 16.2. The summed E-state index contributed by atoms with van der Waals surface area (Å²) in [7, 11) is 0. The van der Waals surface area contributed by atoms with Crippen LogP contribution < -0.4 is 5.56 Å². The summed E-state index contributed by atoms with van der Waals surface area (Å²) in [6.07, 6.45) is 1.26. The van der Waals surface area contributed by atoms with Gasteiger partial charge in [-0.2, -0.15) is 0 Å². The number of hydrogen-bond acceptors (Lipinski definition) is 3. The zero-order valence-electron chi connectivity index (χ0n) is 11.6. The molecule has 2 aromatic rings. The summed E-state index contributed by atoms with van der Waals surface area (Å²) in [4.78, 5) is 32.5. The number of aromatic amines is 1. The third kappa shape index (κ3) is 2.77. The summed E-state index contributed by atoms with van der Waals surface area (Å²) in [6, 6.07) is 7.12. The van der Waals surface area contributed by atoms with E-state index in [-0.39, 0.29) is 24.1 Å². The van der Waals surface area contributed by atoms with Crippen LogP contribution >= 0.6 is 0 Å². The Hall–Kier alpha value is -2.43. The van der Waals surface area contributed by atoms with Gasteiger partial charge in [-0.3, -0.25) is 9.59 Å². The summed E-state index contributed by atoms with van der Waals surface area (Å²) in [5.41, 5.74) is 0.432. The average molecular weight is 271 g/mol. The largest absolute Gasteiger partial charge is 0.329 e. The fourth-order valence-electron chi connectivity index (χ4n) is 2.00. The van der Waals surface area contributed by atoms with Crippen molar-refractivity contribution in [2.45, 2.75) is 26.4 Å². The monoisotopic (exact) mass is 271 g/mol. The van der Waals surface area contributed by atoms with Gasteiger partial charge in [0.2, 0.25) is 5.91 Å². The number of amides is 1. The van der Waals surface area contributed by atoms with Gasteiger partial charge in [0.15, 0.2) is 0 Å². The number of carbonyl (C=O) groups excluding carboxylic acids is 1. The number of fused-ring (bicyclic) bond motifs is 1. The molecule has 0 spiro atoms. The molecule has 5 heteroatoms. The predicted molar refractivity (Wildman–Crippen MR) is 78.2 cm³/mol. The van der Waals surface area contributed by atoms with Crippen molar-refractivity contribution < 1.29 is 4.79 Å². The van der Waals surface area contributed by atoms with E-state index in [1.54, 1.807) is 23.1 Å². The Labute approximate surface area is 117 Å². The molecule has 1 heterocycles. The number of nitrogens with one attached hydrogen (secondary N) is 1. The molecule has 0 aliphatic carbocycles. The number of hydrogen-bond donors (Lipinski definition) is 1. The van der Waals surface area contributed by atoms with Crippen LogP contribution in [0.5, 0.6) is 0 Å². The van der Waals surface area contributed by atoms with Crippen LogP contribution in [0.2, 0.25) is 0 Å². The minimum Gasteiger partial charge on any atom is -0.329 e. The molecule has 0 radical (unpaired) electrons. The molecule has 20 heavy (non-hydrogen) atoms. The van der Waals surface area contributed by atoms with E-state index in [0.29, 0.717) is 16.7 Å². The van der Waals surface area contributed by atoms with Gasteiger partial charge >= 0.3 is 0 Å². The second kappa shape index (κ2) is 5.69. The van der Waals surface area contributed by atoms with Crippen LogP contribution in [0.15, 0.2) is 41.7 Å². The first kappa shape index (κ1) is 14.0. The van der Waals surface area contributed by atoms with Crippen LogP contribution in [0.4, 0.5) is 0 Å². The third-order valence-corrected chi connectivity index (χ3v) is 3.06. The molecule has 2 rings (SSSR count). The van der Waals surface area contributed by atoms with E-state index < -0.39 is 0 Å². The van der Waals surface area contributed by atoms with Gasteiger partial charge in [-0.1, -0.05) is 18.7 Å². The van der Waals surface area contributed by atoms with E-state index in [2.05, 4.69) is 16.5 Å². The van der Waals surface area contributed by atoms with Gasteiger partial charge in [0.05, 0.1) is 17.4 Å². The number of aromatic nitrogens is 2. The van der Waals surface area contributed by atoms with Gasteiger partial charge in [-0.15, -0.1) is 0 Å². The highest BCUT2D eigenvalue weighted by molar-refractivity contribution is 5.87. The highest BCUT2D eigenvalue weighted by Crippen LogP contribution is 2.09. The fraction of sp³-hybridized carbons (Fsp3) is 0.267. The molecule has 0 aliphatic rings. The lowest BCUT2D eigenvalue weighted by Gasteiger charge is -2.24. The van der Waals surface area contributed by atoms with Crippen molar-refractivity contribution in [3.8, 4) is 0 Å². The predicted octanol–water partition coefficient (Wildman–Crippen LogP) is 1.85. The molecule has 0 saturated heterocycles. The van der Waals surface area contributed by atoms with Crippen LogP contribution in [-0.2, 0) is 11.3 Å². The molecule has 0 aliphatic heterocycles. The SMILES string of the molecule is C=CC(=O)N(Cc1nc2ccccc2c(=O)[nH]1)C(C)C. The Kier molecular flexibility index (Phi) is 3.98. The fourth-order valence-corrected chi connectivity index (χ4v) is 2.00. The molecular weight excluding hydrogens is 254 g/mol. The molecular formula is C15H17N3O2. The minimum atomic E-state index is -0.194. The van der Waals surface area contributed by atoms with Crippen molar-refractivity contribution in [2.24, 2.45) is 0 Å². The van der Waals surface area contributed by atoms with Gasteiger partial charge in [0.25, 0.3) is 5.56 Å². The summed E-state index contributed by atoms with van der Waals surface area (Å²) in [5.74, 6) is 0.286. The second-order valence-corrected chi connectivity index (χ2v) is 4.79. The molecule has 1 aromatic carbocycles. The molecule has 0 unspecified atom stereocenters. The summed E-state index contributed by atoms with van der Waals surface area (Å²) < 4.78 is 0. The summed E-state index contributed by atoms with van der Waals surface area (Å²) in [6.45, 7) is 7.55. The number of carbonyl (C=O) groups is 1. The molecule has 0 bridgehead atoms. The van der Waals surface area contributed by atoms with E-state index in [1.807, 2.05) is 19.9 Å². The van der Waals surface area contributed by atoms with Crippen LogP contribution in [0.25, 0.3) is 10.9 Å². The molecule has 0 saturated carbocycles. The van der Waals surface area contributed by atoms with Crippen LogP contribution in [-0.4, -0.2) is 26.8 Å². The van der Waals surface area contributed by atoms with E-state index >= 15 is 0 Å². The number of para-hydroxylation sites is 1. The number of nitrogens with zero attached hydrogens (tertiary/aromatic N) is 2. The van der Waals surface area contributed by atoms with Crippen molar-refractivity contribution in [3.05, 3.63) is 53.1 Å². The van der Waals surface area contributed by atoms with Crippen LogP contribution in [0, 0.1) is 0 Å². The van der Waals surface area contributed by atoms with Crippen LogP contribution in [0.1, 0.15) is 19.7 Å². The normalized spacial score (nSPS) is 10.8. The quantitative estimate of drug-likeness (QED) is 0.863. The maximum absolute atomic E-state index is 12.0. The summed E-state index contributed by atoms with van der Waals surface area (Å²) in [5, 5.41) is 0.544.